The standard InChI is InChI=1S/C13H16N2O6/c1-15(6-5-11(17)21-2)13(20)14-10-4-3-8(16)7-9(10)12(18)19/h3-4,7,16H,5-6H2,1-2H3,(H,14,20)(H,18,19). The highest BCUT2D eigenvalue weighted by molar-refractivity contribution is 6.00. The van der Waals surface area contributed by atoms with E-state index in [9.17, 15) is 19.5 Å². The molecule has 8 heteroatoms. The summed E-state index contributed by atoms with van der Waals surface area (Å²) in [6.07, 6.45) is 0.0295. The van der Waals surface area contributed by atoms with Crippen molar-refractivity contribution >= 4 is 23.7 Å². The molecule has 8 nitrogen and oxygen atoms in total. The number of carbonyl (C=O) groups excluding carboxylic acids is 2. The summed E-state index contributed by atoms with van der Waals surface area (Å²) in [7, 11) is 2.71. The lowest BCUT2D eigenvalue weighted by molar-refractivity contribution is -0.140. The molecule has 0 unspecified atom stereocenters. The first kappa shape index (κ1) is 16.3. The molecule has 1 aromatic rings. The van der Waals surface area contributed by atoms with Crippen molar-refractivity contribution in [2.24, 2.45) is 0 Å². The molecule has 0 aromatic heterocycles. The maximum atomic E-state index is 11.9. The minimum atomic E-state index is -1.28. The van der Waals surface area contributed by atoms with Gasteiger partial charge in [0.15, 0.2) is 0 Å². The quantitative estimate of drug-likeness (QED) is 0.554. The van der Waals surface area contributed by atoms with Gasteiger partial charge in [0.2, 0.25) is 0 Å². The van der Waals surface area contributed by atoms with E-state index in [0.29, 0.717) is 0 Å². The zero-order valence-electron chi connectivity index (χ0n) is 11.6. The summed E-state index contributed by atoms with van der Waals surface area (Å²) in [4.78, 5) is 35.1. The van der Waals surface area contributed by atoms with E-state index in [1.54, 1.807) is 0 Å². The SMILES string of the molecule is COC(=O)CCN(C)C(=O)Nc1ccc(O)cc1C(=O)O. The number of hydrogen-bond donors (Lipinski definition) is 3. The molecule has 0 fully saturated rings. The van der Waals surface area contributed by atoms with Gasteiger partial charge in [0.25, 0.3) is 0 Å². The van der Waals surface area contributed by atoms with E-state index in [2.05, 4.69) is 10.1 Å². The molecule has 0 aliphatic carbocycles. The van der Waals surface area contributed by atoms with Crippen LogP contribution in [0.3, 0.4) is 0 Å². The number of urea groups is 1. The molecule has 0 spiro atoms. The van der Waals surface area contributed by atoms with Gasteiger partial charge in [-0.1, -0.05) is 0 Å². The van der Waals surface area contributed by atoms with Gasteiger partial charge in [-0.15, -0.1) is 0 Å². The Hall–Kier alpha value is -2.77. The van der Waals surface area contributed by atoms with Crippen LogP contribution in [0.5, 0.6) is 5.75 Å². The van der Waals surface area contributed by atoms with Crippen LogP contribution in [0.15, 0.2) is 18.2 Å². The molecule has 0 aliphatic heterocycles. The lowest BCUT2D eigenvalue weighted by atomic mass is 10.1. The van der Waals surface area contributed by atoms with Gasteiger partial charge >= 0.3 is 18.0 Å². The van der Waals surface area contributed by atoms with Crippen molar-refractivity contribution in [2.45, 2.75) is 6.42 Å². The van der Waals surface area contributed by atoms with Crippen LogP contribution in [-0.4, -0.2) is 53.8 Å². The number of methoxy groups -OCH3 is 1. The second kappa shape index (κ2) is 7.13. The third-order valence-electron chi connectivity index (χ3n) is 2.70. The molecule has 0 atom stereocenters. The Labute approximate surface area is 120 Å². The topological polar surface area (TPSA) is 116 Å². The van der Waals surface area contributed by atoms with Gasteiger partial charge in [0.05, 0.1) is 24.8 Å². The summed E-state index contributed by atoms with van der Waals surface area (Å²) in [5.74, 6) is -1.95. The number of anilines is 1. The molecule has 0 saturated heterocycles. The Kier molecular flexibility index (Phi) is 5.53. The van der Waals surface area contributed by atoms with Crippen LogP contribution < -0.4 is 5.32 Å². The van der Waals surface area contributed by atoms with Crippen molar-refractivity contribution in [2.75, 3.05) is 26.0 Å². The molecule has 1 aromatic carbocycles. The van der Waals surface area contributed by atoms with Crippen LogP contribution in [0.2, 0.25) is 0 Å². The number of carboxylic acids is 1. The van der Waals surface area contributed by atoms with Gasteiger partial charge in [-0.3, -0.25) is 4.79 Å². The van der Waals surface area contributed by atoms with Crippen LogP contribution >= 0.6 is 0 Å². The lowest BCUT2D eigenvalue weighted by Gasteiger charge is -2.18. The number of amides is 2. The summed E-state index contributed by atoms with van der Waals surface area (Å²) in [5.41, 5.74) is -0.181. The Bertz CT molecular complexity index is 558. The average Bonchev–Trinajstić information content (AvgIpc) is 2.45. The highest BCUT2D eigenvalue weighted by atomic mass is 16.5. The molecular weight excluding hydrogens is 280 g/mol. The molecule has 0 radical (unpaired) electrons. The number of nitrogens with zero attached hydrogens (tertiary/aromatic N) is 1. The summed E-state index contributed by atoms with van der Waals surface area (Å²) in [6, 6.07) is 3.00. The third kappa shape index (κ3) is 4.68. The molecule has 21 heavy (non-hydrogen) atoms. The van der Waals surface area contributed by atoms with Crippen LogP contribution in [0, 0.1) is 0 Å². The predicted molar refractivity (Wildman–Crippen MR) is 73.3 cm³/mol. The number of nitrogens with one attached hydrogen (secondary N) is 1. The number of phenolic OH excluding ortho intramolecular Hbond substituents is 1. The normalized spacial score (nSPS) is 9.81. The number of benzene rings is 1. The number of aromatic carboxylic acids is 1. The van der Waals surface area contributed by atoms with Crippen LogP contribution in [0.4, 0.5) is 10.5 Å². The van der Waals surface area contributed by atoms with Gasteiger partial charge < -0.3 is 25.2 Å². The van der Waals surface area contributed by atoms with Gasteiger partial charge in [0.1, 0.15) is 5.75 Å². The second-order valence-corrected chi connectivity index (χ2v) is 4.21. The van der Waals surface area contributed by atoms with E-state index in [0.717, 1.165) is 6.07 Å². The third-order valence-corrected chi connectivity index (χ3v) is 2.70. The first-order valence-electron chi connectivity index (χ1n) is 6.00. The fraction of sp³-hybridized carbons (Fsp3) is 0.308. The monoisotopic (exact) mass is 296 g/mol. The summed E-state index contributed by atoms with van der Waals surface area (Å²) >= 11 is 0. The van der Waals surface area contributed by atoms with Crippen molar-refractivity contribution in [3.63, 3.8) is 0 Å². The Morgan fingerprint density at radius 1 is 1.33 bits per heavy atom. The minimum Gasteiger partial charge on any atom is -0.508 e. The highest BCUT2D eigenvalue weighted by Crippen LogP contribution is 2.21. The zero-order valence-corrected chi connectivity index (χ0v) is 11.6. The van der Waals surface area contributed by atoms with E-state index in [-0.39, 0.29) is 30.0 Å². The predicted octanol–water partition coefficient (Wildman–Crippen LogP) is 1.12. The second-order valence-electron chi connectivity index (χ2n) is 4.21. The van der Waals surface area contributed by atoms with Crippen molar-refractivity contribution in [1.29, 1.82) is 0 Å². The number of aromatic hydroxyl groups is 1. The van der Waals surface area contributed by atoms with Crippen LogP contribution in [0.1, 0.15) is 16.8 Å². The Morgan fingerprint density at radius 2 is 2.00 bits per heavy atom. The maximum Gasteiger partial charge on any atom is 0.337 e. The minimum absolute atomic E-state index is 0.0295. The fourth-order valence-electron chi connectivity index (χ4n) is 1.49. The largest absolute Gasteiger partial charge is 0.508 e. The molecule has 3 N–H and O–H groups in total. The van der Waals surface area contributed by atoms with Gasteiger partial charge in [-0.05, 0) is 18.2 Å². The van der Waals surface area contributed by atoms with Crippen LogP contribution in [-0.2, 0) is 9.53 Å². The zero-order chi connectivity index (χ0) is 16.0. The van der Waals surface area contributed by atoms with E-state index in [1.807, 2.05) is 0 Å². The molecule has 114 valence electrons. The van der Waals surface area contributed by atoms with Gasteiger partial charge in [-0.2, -0.15) is 0 Å². The number of esters is 1. The van der Waals surface area contributed by atoms with E-state index < -0.39 is 18.0 Å². The first-order chi connectivity index (χ1) is 9.85. The Balaban J connectivity index is 2.74. The molecule has 1 rings (SSSR count). The molecule has 0 heterocycles. The van der Waals surface area contributed by atoms with E-state index in [4.69, 9.17) is 5.11 Å². The average molecular weight is 296 g/mol. The maximum absolute atomic E-state index is 11.9. The van der Waals surface area contributed by atoms with E-state index in [1.165, 1.54) is 31.2 Å². The molecular formula is C13H16N2O6. The Morgan fingerprint density at radius 3 is 2.57 bits per heavy atom. The van der Waals surface area contributed by atoms with Crippen molar-refractivity contribution in [1.82, 2.24) is 4.90 Å². The molecule has 0 bridgehead atoms. The summed E-state index contributed by atoms with van der Waals surface area (Å²) in [6.45, 7) is 0.124. The highest BCUT2D eigenvalue weighted by Gasteiger charge is 2.16. The van der Waals surface area contributed by atoms with Gasteiger partial charge in [0, 0.05) is 13.6 Å². The number of carboxylic acid groups (broad SMARTS) is 1. The number of carbonyl (C=O) groups is 3. The molecule has 0 aliphatic rings. The summed E-state index contributed by atoms with van der Waals surface area (Å²) in [5, 5.41) is 20.7. The summed E-state index contributed by atoms with van der Waals surface area (Å²) < 4.78 is 4.46. The number of rotatable bonds is 5. The fourth-order valence-corrected chi connectivity index (χ4v) is 1.49. The van der Waals surface area contributed by atoms with Crippen molar-refractivity contribution in [3.05, 3.63) is 23.8 Å². The molecule has 0 saturated carbocycles. The van der Waals surface area contributed by atoms with E-state index >= 15 is 0 Å². The smallest absolute Gasteiger partial charge is 0.337 e. The number of phenols is 1. The number of ether oxygens (including phenoxy) is 1. The van der Waals surface area contributed by atoms with Crippen molar-refractivity contribution < 1.29 is 29.3 Å². The number of hydrogen-bond acceptors (Lipinski definition) is 5. The van der Waals surface area contributed by atoms with Crippen LogP contribution in [0.25, 0.3) is 0 Å². The first-order valence-corrected chi connectivity index (χ1v) is 6.00. The van der Waals surface area contributed by atoms with Crippen molar-refractivity contribution in [3.8, 4) is 5.75 Å². The van der Waals surface area contributed by atoms with Gasteiger partial charge in [-0.25, -0.2) is 9.59 Å². The molecule has 2 amide bonds. The lowest BCUT2D eigenvalue weighted by Crippen LogP contribution is -2.33.